The van der Waals surface area contributed by atoms with E-state index >= 15 is 0 Å². The molecule has 0 aliphatic rings. The molecule has 0 aromatic heterocycles. The molecule has 1 aromatic rings. The molecule has 0 saturated heterocycles. The summed E-state index contributed by atoms with van der Waals surface area (Å²) >= 11 is 3.38. The Morgan fingerprint density at radius 3 is 3.00 bits per heavy atom. The van der Waals surface area contributed by atoms with Crippen LogP contribution in [-0.4, -0.2) is 31.4 Å². The predicted molar refractivity (Wildman–Crippen MR) is 68.5 cm³/mol. The highest BCUT2D eigenvalue weighted by Gasteiger charge is 2.06. The third kappa shape index (κ3) is 5.07. The average Bonchev–Trinajstić information content (AvgIpc) is 2.28. The van der Waals surface area contributed by atoms with Crippen LogP contribution in [0.3, 0.4) is 0 Å². The lowest BCUT2D eigenvalue weighted by molar-refractivity contribution is 0.138. The summed E-state index contributed by atoms with van der Waals surface area (Å²) in [6, 6.07) is 7.70. The quantitative estimate of drug-likeness (QED) is 0.755. The molecule has 0 saturated carbocycles. The van der Waals surface area contributed by atoms with Gasteiger partial charge in [-0.25, -0.2) is 0 Å². The SMILES string of the molecule is CCOCCNCC(O)c1cccc(Br)c1. The first-order valence-corrected chi connectivity index (χ1v) is 6.25. The lowest BCUT2D eigenvalue weighted by atomic mass is 10.1. The molecule has 90 valence electrons. The van der Waals surface area contributed by atoms with Gasteiger partial charge in [0, 0.05) is 24.2 Å². The van der Waals surface area contributed by atoms with Crippen molar-refractivity contribution in [3.8, 4) is 0 Å². The van der Waals surface area contributed by atoms with Crippen molar-refractivity contribution in [3.63, 3.8) is 0 Å². The van der Waals surface area contributed by atoms with E-state index in [0.29, 0.717) is 13.2 Å². The van der Waals surface area contributed by atoms with E-state index in [1.54, 1.807) is 0 Å². The standard InChI is InChI=1S/C12H18BrNO2/c1-2-16-7-6-14-9-12(15)10-4-3-5-11(13)8-10/h3-5,8,12,14-15H,2,6-7,9H2,1H3. The number of nitrogens with one attached hydrogen (secondary N) is 1. The zero-order chi connectivity index (χ0) is 11.8. The molecule has 2 N–H and O–H groups in total. The first kappa shape index (κ1) is 13.6. The second kappa shape index (κ2) is 7.79. The van der Waals surface area contributed by atoms with Crippen LogP contribution in [0.4, 0.5) is 0 Å². The van der Waals surface area contributed by atoms with Gasteiger partial charge < -0.3 is 15.2 Å². The van der Waals surface area contributed by atoms with Crippen molar-refractivity contribution in [2.75, 3.05) is 26.3 Å². The van der Waals surface area contributed by atoms with E-state index in [9.17, 15) is 5.11 Å². The van der Waals surface area contributed by atoms with Gasteiger partial charge in [-0.1, -0.05) is 28.1 Å². The van der Waals surface area contributed by atoms with E-state index in [4.69, 9.17) is 4.74 Å². The molecule has 1 rings (SSSR count). The van der Waals surface area contributed by atoms with Gasteiger partial charge in [0.1, 0.15) is 0 Å². The molecule has 0 radical (unpaired) electrons. The van der Waals surface area contributed by atoms with Gasteiger partial charge >= 0.3 is 0 Å². The number of aliphatic hydroxyl groups excluding tert-OH is 1. The second-order valence-electron chi connectivity index (χ2n) is 3.47. The Hall–Kier alpha value is -0.420. The van der Waals surface area contributed by atoms with Gasteiger partial charge in [0.15, 0.2) is 0 Å². The lowest BCUT2D eigenvalue weighted by Gasteiger charge is -2.12. The minimum atomic E-state index is -0.473. The Kier molecular flexibility index (Phi) is 6.64. The number of benzene rings is 1. The fourth-order valence-electron chi connectivity index (χ4n) is 1.36. The third-order valence-corrected chi connectivity index (χ3v) is 2.69. The van der Waals surface area contributed by atoms with Crippen molar-refractivity contribution in [3.05, 3.63) is 34.3 Å². The van der Waals surface area contributed by atoms with Gasteiger partial charge in [0.2, 0.25) is 0 Å². The highest BCUT2D eigenvalue weighted by Crippen LogP contribution is 2.17. The van der Waals surface area contributed by atoms with Gasteiger partial charge in [0.25, 0.3) is 0 Å². The zero-order valence-corrected chi connectivity index (χ0v) is 11.0. The van der Waals surface area contributed by atoms with Gasteiger partial charge in [-0.2, -0.15) is 0 Å². The van der Waals surface area contributed by atoms with Crippen molar-refractivity contribution < 1.29 is 9.84 Å². The van der Waals surface area contributed by atoms with Crippen LogP contribution in [0.1, 0.15) is 18.6 Å². The predicted octanol–water partition coefficient (Wildman–Crippen LogP) is 2.11. The molecule has 1 atom stereocenters. The van der Waals surface area contributed by atoms with E-state index in [1.807, 2.05) is 31.2 Å². The summed E-state index contributed by atoms with van der Waals surface area (Å²) in [5.41, 5.74) is 0.915. The summed E-state index contributed by atoms with van der Waals surface area (Å²) in [5, 5.41) is 13.0. The first-order valence-electron chi connectivity index (χ1n) is 5.46. The van der Waals surface area contributed by atoms with Crippen LogP contribution in [-0.2, 0) is 4.74 Å². The highest BCUT2D eigenvalue weighted by atomic mass is 79.9. The molecule has 0 heterocycles. The monoisotopic (exact) mass is 287 g/mol. The first-order chi connectivity index (χ1) is 7.74. The number of hydrogen-bond donors (Lipinski definition) is 2. The molecule has 0 aliphatic carbocycles. The fourth-order valence-corrected chi connectivity index (χ4v) is 1.78. The Morgan fingerprint density at radius 2 is 2.31 bits per heavy atom. The molecule has 0 fully saturated rings. The molecule has 0 amide bonds. The van der Waals surface area contributed by atoms with Crippen LogP contribution in [0.5, 0.6) is 0 Å². The zero-order valence-electron chi connectivity index (χ0n) is 9.45. The van der Waals surface area contributed by atoms with Gasteiger partial charge in [-0.15, -0.1) is 0 Å². The van der Waals surface area contributed by atoms with Gasteiger partial charge in [-0.3, -0.25) is 0 Å². The van der Waals surface area contributed by atoms with Crippen molar-refractivity contribution >= 4 is 15.9 Å². The van der Waals surface area contributed by atoms with E-state index < -0.39 is 6.10 Å². The number of halogens is 1. The molecule has 4 heteroatoms. The van der Waals surface area contributed by atoms with Crippen molar-refractivity contribution in [2.24, 2.45) is 0 Å². The number of rotatable bonds is 7. The highest BCUT2D eigenvalue weighted by molar-refractivity contribution is 9.10. The van der Waals surface area contributed by atoms with Gasteiger partial charge in [0.05, 0.1) is 12.7 Å². The van der Waals surface area contributed by atoms with Crippen LogP contribution < -0.4 is 5.32 Å². The summed E-state index contributed by atoms with van der Waals surface area (Å²) in [7, 11) is 0. The van der Waals surface area contributed by atoms with E-state index in [2.05, 4.69) is 21.2 Å². The molecule has 0 aliphatic heterocycles. The maximum atomic E-state index is 9.88. The molecule has 1 unspecified atom stereocenters. The van der Waals surface area contributed by atoms with E-state index in [0.717, 1.165) is 23.2 Å². The van der Waals surface area contributed by atoms with E-state index in [1.165, 1.54) is 0 Å². The number of aliphatic hydroxyl groups is 1. The van der Waals surface area contributed by atoms with Gasteiger partial charge in [-0.05, 0) is 24.6 Å². The Balaban J connectivity index is 2.27. The fraction of sp³-hybridized carbons (Fsp3) is 0.500. The summed E-state index contributed by atoms with van der Waals surface area (Å²) in [4.78, 5) is 0. The minimum absolute atomic E-state index is 0.473. The van der Waals surface area contributed by atoms with Crippen molar-refractivity contribution in [1.29, 1.82) is 0 Å². The van der Waals surface area contributed by atoms with Crippen LogP contribution in [0.15, 0.2) is 28.7 Å². The van der Waals surface area contributed by atoms with Crippen LogP contribution in [0.2, 0.25) is 0 Å². The van der Waals surface area contributed by atoms with Crippen molar-refractivity contribution in [2.45, 2.75) is 13.0 Å². The normalized spacial score (nSPS) is 12.7. The third-order valence-electron chi connectivity index (χ3n) is 2.20. The summed E-state index contributed by atoms with van der Waals surface area (Å²) in [5.74, 6) is 0. The Labute approximate surface area is 105 Å². The topological polar surface area (TPSA) is 41.5 Å². The Morgan fingerprint density at radius 1 is 1.50 bits per heavy atom. The maximum Gasteiger partial charge on any atom is 0.0914 e. The maximum absolute atomic E-state index is 9.88. The summed E-state index contributed by atoms with van der Waals surface area (Å²) in [6.07, 6.45) is -0.473. The second-order valence-corrected chi connectivity index (χ2v) is 4.39. The lowest BCUT2D eigenvalue weighted by Crippen LogP contribution is -2.25. The van der Waals surface area contributed by atoms with Crippen LogP contribution in [0, 0.1) is 0 Å². The Bertz CT molecular complexity index is 307. The summed E-state index contributed by atoms with van der Waals surface area (Å²) in [6.45, 7) is 4.69. The molecular weight excluding hydrogens is 270 g/mol. The molecule has 3 nitrogen and oxygen atoms in total. The smallest absolute Gasteiger partial charge is 0.0914 e. The molecule has 16 heavy (non-hydrogen) atoms. The van der Waals surface area contributed by atoms with Crippen molar-refractivity contribution in [1.82, 2.24) is 5.32 Å². The number of ether oxygens (including phenoxy) is 1. The van der Waals surface area contributed by atoms with Crippen LogP contribution >= 0.6 is 15.9 Å². The average molecular weight is 288 g/mol. The molecule has 1 aromatic carbocycles. The van der Waals surface area contributed by atoms with Crippen LogP contribution in [0.25, 0.3) is 0 Å². The molecular formula is C12H18BrNO2. The molecule has 0 bridgehead atoms. The minimum Gasteiger partial charge on any atom is -0.387 e. The van der Waals surface area contributed by atoms with E-state index in [-0.39, 0.29) is 0 Å². The molecule has 0 spiro atoms. The largest absolute Gasteiger partial charge is 0.387 e. The number of hydrogen-bond acceptors (Lipinski definition) is 3. The summed E-state index contributed by atoms with van der Waals surface area (Å²) < 4.78 is 6.17.